The number of halogens is 1. The first-order valence-corrected chi connectivity index (χ1v) is 10.9. The molecule has 3 aromatic rings. The van der Waals surface area contributed by atoms with E-state index >= 15 is 0 Å². The largest absolute Gasteiger partial charge is 0.352 e. The Morgan fingerprint density at radius 1 is 1.03 bits per heavy atom. The molecule has 0 aromatic heterocycles. The summed E-state index contributed by atoms with van der Waals surface area (Å²) in [7, 11) is 0. The van der Waals surface area contributed by atoms with Gasteiger partial charge in [0.25, 0.3) is 0 Å². The molecule has 30 heavy (non-hydrogen) atoms. The second kappa shape index (κ2) is 9.40. The number of likely N-dealkylation sites (tertiary alicyclic amines) is 1. The number of nitrogens with one attached hydrogen (secondary N) is 1. The quantitative estimate of drug-likeness (QED) is 0.622. The summed E-state index contributed by atoms with van der Waals surface area (Å²) in [5.74, 6) is -0.0897. The minimum atomic E-state index is -0.255. The van der Waals surface area contributed by atoms with Gasteiger partial charge in [-0.3, -0.25) is 9.69 Å². The average Bonchev–Trinajstić information content (AvgIpc) is 2.79. The number of fused-ring (bicyclic) bond motifs is 1. The Morgan fingerprint density at radius 2 is 1.77 bits per heavy atom. The van der Waals surface area contributed by atoms with Gasteiger partial charge in [0.2, 0.25) is 5.91 Å². The Balaban J connectivity index is 1.34. The summed E-state index contributed by atoms with van der Waals surface area (Å²) in [5, 5.41) is 5.65. The maximum absolute atomic E-state index is 13.0. The highest BCUT2D eigenvalue weighted by Crippen LogP contribution is 2.27. The number of rotatable bonds is 6. The van der Waals surface area contributed by atoms with Crippen LogP contribution in [0, 0.1) is 11.7 Å². The molecule has 0 bridgehead atoms. The number of carbonyl (C=O) groups is 1. The summed E-state index contributed by atoms with van der Waals surface area (Å²) in [6.45, 7) is 5.47. The molecule has 0 radical (unpaired) electrons. The van der Waals surface area contributed by atoms with Gasteiger partial charge in [0.1, 0.15) is 5.82 Å². The molecule has 0 saturated carbocycles. The van der Waals surface area contributed by atoms with Crippen molar-refractivity contribution in [1.82, 2.24) is 10.2 Å². The third-order valence-corrected chi connectivity index (χ3v) is 6.24. The van der Waals surface area contributed by atoms with Crippen LogP contribution in [0.25, 0.3) is 10.8 Å². The fourth-order valence-corrected chi connectivity index (χ4v) is 4.41. The van der Waals surface area contributed by atoms with Gasteiger partial charge in [-0.1, -0.05) is 55.5 Å². The first-order valence-electron chi connectivity index (χ1n) is 10.9. The number of hydrogen-bond acceptors (Lipinski definition) is 2. The lowest BCUT2D eigenvalue weighted by Gasteiger charge is -2.32. The fraction of sp³-hybridized carbons (Fsp3) is 0.346. The molecular weight excluding hydrogens is 375 g/mol. The highest BCUT2D eigenvalue weighted by molar-refractivity contribution is 5.86. The maximum Gasteiger partial charge on any atom is 0.223 e. The van der Waals surface area contributed by atoms with Crippen LogP contribution < -0.4 is 5.32 Å². The molecule has 3 aromatic carbocycles. The molecule has 1 fully saturated rings. The van der Waals surface area contributed by atoms with E-state index in [1.807, 2.05) is 0 Å². The Kier molecular flexibility index (Phi) is 6.44. The molecule has 1 aliphatic heterocycles. The standard InChI is InChI=1S/C26H29FN2O/c1-2-20-9-10-21-5-3-4-6-24(21)25(20)18-29-15-13-22(14-16-29)26(30)28-17-19-7-11-23(27)12-8-19/h3-12,22H,2,13-18H2,1H3,(H,28,30). The predicted molar refractivity (Wildman–Crippen MR) is 120 cm³/mol. The van der Waals surface area contributed by atoms with Gasteiger partial charge in [-0.15, -0.1) is 0 Å². The van der Waals surface area contributed by atoms with E-state index in [1.165, 1.54) is 34.0 Å². The van der Waals surface area contributed by atoms with Crippen molar-refractivity contribution in [3.63, 3.8) is 0 Å². The number of benzene rings is 3. The van der Waals surface area contributed by atoms with Crippen LogP contribution in [0.3, 0.4) is 0 Å². The van der Waals surface area contributed by atoms with Crippen LogP contribution in [-0.4, -0.2) is 23.9 Å². The van der Waals surface area contributed by atoms with Crippen LogP contribution in [-0.2, 0) is 24.3 Å². The molecule has 0 unspecified atom stereocenters. The van der Waals surface area contributed by atoms with E-state index < -0.39 is 0 Å². The van der Waals surface area contributed by atoms with Gasteiger partial charge < -0.3 is 5.32 Å². The monoisotopic (exact) mass is 404 g/mol. The fourth-order valence-electron chi connectivity index (χ4n) is 4.41. The Labute approximate surface area is 177 Å². The van der Waals surface area contributed by atoms with Gasteiger partial charge in [0, 0.05) is 19.0 Å². The second-order valence-corrected chi connectivity index (χ2v) is 8.17. The highest BCUT2D eigenvalue weighted by Gasteiger charge is 2.25. The Hall–Kier alpha value is -2.72. The predicted octanol–water partition coefficient (Wildman–Crippen LogP) is 5.07. The summed E-state index contributed by atoms with van der Waals surface area (Å²) in [5.41, 5.74) is 3.76. The van der Waals surface area contributed by atoms with Crippen LogP contribution in [0.4, 0.5) is 4.39 Å². The maximum atomic E-state index is 13.0. The lowest BCUT2D eigenvalue weighted by atomic mass is 9.93. The average molecular weight is 405 g/mol. The van der Waals surface area contributed by atoms with E-state index in [0.717, 1.165) is 44.5 Å². The van der Waals surface area contributed by atoms with Crippen LogP contribution in [0.5, 0.6) is 0 Å². The Bertz CT molecular complexity index is 1010. The molecule has 4 rings (SSSR count). The van der Waals surface area contributed by atoms with Gasteiger partial charge in [-0.05, 0) is 71.9 Å². The summed E-state index contributed by atoms with van der Waals surface area (Å²) < 4.78 is 13.0. The third kappa shape index (κ3) is 4.71. The first-order chi connectivity index (χ1) is 14.6. The van der Waals surface area contributed by atoms with E-state index in [0.29, 0.717) is 6.54 Å². The molecule has 3 nitrogen and oxygen atoms in total. The molecule has 156 valence electrons. The first kappa shape index (κ1) is 20.5. The van der Waals surface area contributed by atoms with Crippen molar-refractivity contribution in [3.8, 4) is 0 Å². The van der Waals surface area contributed by atoms with E-state index in [4.69, 9.17) is 0 Å². The lowest BCUT2D eigenvalue weighted by Crippen LogP contribution is -2.40. The van der Waals surface area contributed by atoms with E-state index in [1.54, 1.807) is 12.1 Å². The zero-order valence-electron chi connectivity index (χ0n) is 17.5. The minimum absolute atomic E-state index is 0.0554. The number of piperidine rings is 1. The molecule has 0 atom stereocenters. The molecule has 4 heteroatoms. The van der Waals surface area contributed by atoms with Crippen LogP contribution >= 0.6 is 0 Å². The van der Waals surface area contributed by atoms with E-state index in [9.17, 15) is 9.18 Å². The third-order valence-electron chi connectivity index (χ3n) is 6.24. The van der Waals surface area contributed by atoms with Crippen LogP contribution in [0.15, 0.2) is 60.7 Å². The smallest absolute Gasteiger partial charge is 0.223 e. The van der Waals surface area contributed by atoms with Crippen LogP contribution in [0.2, 0.25) is 0 Å². The molecule has 1 N–H and O–H groups in total. The highest BCUT2D eigenvalue weighted by atomic mass is 19.1. The van der Waals surface area contributed by atoms with E-state index in [2.05, 4.69) is 53.5 Å². The summed E-state index contributed by atoms with van der Waals surface area (Å²) >= 11 is 0. The molecule has 1 heterocycles. The molecular formula is C26H29FN2O. The number of hydrogen-bond donors (Lipinski definition) is 1. The molecule has 1 aliphatic rings. The van der Waals surface area contributed by atoms with Crippen molar-refractivity contribution in [2.24, 2.45) is 5.92 Å². The summed E-state index contributed by atoms with van der Waals surface area (Å²) in [6, 6.07) is 19.4. The second-order valence-electron chi connectivity index (χ2n) is 8.17. The van der Waals surface area contributed by atoms with Crippen LogP contribution in [0.1, 0.15) is 36.5 Å². The Morgan fingerprint density at radius 3 is 2.50 bits per heavy atom. The van der Waals surface area contributed by atoms with Gasteiger partial charge in [0.05, 0.1) is 0 Å². The summed E-state index contributed by atoms with van der Waals surface area (Å²) in [6.07, 6.45) is 2.78. The zero-order valence-corrected chi connectivity index (χ0v) is 17.5. The van der Waals surface area contributed by atoms with Gasteiger partial charge >= 0.3 is 0 Å². The normalized spacial score (nSPS) is 15.4. The van der Waals surface area contributed by atoms with Gasteiger partial charge in [0.15, 0.2) is 0 Å². The summed E-state index contributed by atoms with van der Waals surface area (Å²) in [4.78, 5) is 15.1. The SMILES string of the molecule is CCc1ccc2ccccc2c1CN1CCC(C(=O)NCc2ccc(F)cc2)CC1. The van der Waals surface area contributed by atoms with Crippen molar-refractivity contribution in [1.29, 1.82) is 0 Å². The van der Waals surface area contributed by atoms with Crippen molar-refractivity contribution < 1.29 is 9.18 Å². The van der Waals surface area contributed by atoms with Crippen molar-refractivity contribution in [2.45, 2.75) is 39.3 Å². The van der Waals surface area contributed by atoms with E-state index in [-0.39, 0.29) is 17.6 Å². The topological polar surface area (TPSA) is 32.3 Å². The molecule has 0 spiro atoms. The molecule has 0 aliphatic carbocycles. The van der Waals surface area contributed by atoms with Crippen molar-refractivity contribution in [3.05, 3.63) is 83.2 Å². The number of aryl methyl sites for hydroxylation is 1. The van der Waals surface area contributed by atoms with Gasteiger partial charge in [-0.25, -0.2) is 4.39 Å². The minimum Gasteiger partial charge on any atom is -0.352 e. The van der Waals surface area contributed by atoms with Crippen molar-refractivity contribution >= 4 is 16.7 Å². The molecule has 1 saturated heterocycles. The lowest BCUT2D eigenvalue weighted by molar-refractivity contribution is -0.126. The number of nitrogens with zero attached hydrogens (tertiary/aromatic N) is 1. The zero-order chi connectivity index (χ0) is 20.9. The molecule has 1 amide bonds. The van der Waals surface area contributed by atoms with Crippen molar-refractivity contribution in [2.75, 3.05) is 13.1 Å². The number of carbonyl (C=O) groups excluding carboxylic acids is 1. The van der Waals surface area contributed by atoms with Gasteiger partial charge in [-0.2, -0.15) is 0 Å². The number of amides is 1.